The molecule has 1 aliphatic rings. The summed E-state index contributed by atoms with van der Waals surface area (Å²) in [6.07, 6.45) is 2.74. The predicted octanol–water partition coefficient (Wildman–Crippen LogP) is 1.59. The van der Waals surface area contributed by atoms with Crippen molar-refractivity contribution in [3.8, 4) is 0 Å². The van der Waals surface area contributed by atoms with Gasteiger partial charge in [0.25, 0.3) is 0 Å². The molecule has 3 heteroatoms. The summed E-state index contributed by atoms with van der Waals surface area (Å²) in [5, 5.41) is 3.68. The molecule has 2 unspecified atom stereocenters. The largest absolute Gasteiger partial charge is 0.383 e. The number of likely N-dealkylation sites (N-methyl/N-ethyl adjacent to an activating group) is 1. The lowest BCUT2D eigenvalue weighted by Gasteiger charge is -2.30. The molecule has 1 fully saturated rings. The van der Waals surface area contributed by atoms with Crippen LogP contribution < -0.4 is 5.32 Å². The predicted molar refractivity (Wildman–Crippen MR) is 68.7 cm³/mol. The lowest BCUT2D eigenvalue weighted by atomic mass is 10.0. The molecule has 1 aliphatic carbocycles. The topological polar surface area (TPSA) is 24.5 Å². The molecule has 0 radical (unpaired) electrons. The van der Waals surface area contributed by atoms with Gasteiger partial charge in [0.1, 0.15) is 0 Å². The highest BCUT2D eigenvalue weighted by molar-refractivity contribution is 4.87. The van der Waals surface area contributed by atoms with Crippen molar-refractivity contribution in [3.05, 3.63) is 0 Å². The van der Waals surface area contributed by atoms with Crippen molar-refractivity contribution < 1.29 is 4.74 Å². The summed E-state index contributed by atoms with van der Waals surface area (Å²) in [4.78, 5) is 2.31. The third-order valence-electron chi connectivity index (χ3n) is 3.56. The van der Waals surface area contributed by atoms with Gasteiger partial charge in [-0.25, -0.2) is 0 Å². The van der Waals surface area contributed by atoms with Crippen LogP contribution in [0.1, 0.15) is 26.7 Å². The van der Waals surface area contributed by atoms with Gasteiger partial charge >= 0.3 is 0 Å². The number of methoxy groups -OCH3 is 1. The smallest absolute Gasteiger partial charge is 0.0618 e. The summed E-state index contributed by atoms with van der Waals surface area (Å²) in [6.45, 7) is 6.49. The van der Waals surface area contributed by atoms with E-state index in [0.717, 1.165) is 19.1 Å². The second-order valence-electron chi connectivity index (χ2n) is 5.58. The van der Waals surface area contributed by atoms with E-state index in [0.29, 0.717) is 18.0 Å². The van der Waals surface area contributed by atoms with Crippen molar-refractivity contribution >= 4 is 0 Å². The highest BCUT2D eigenvalue weighted by Crippen LogP contribution is 2.32. The lowest BCUT2D eigenvalue weighted by Crippen LogP contribution is -2.46. The second-order valence-corrected chi connectivity index (χ2v) is 5.58. The van der Waals surface area contributed by atoms with Crippen LogP contribution in [0.3, 0.4) is 0 Å². The van der Waals surface area contributed by atoms with Crippen molar-refractivity contribution in [2.75, 3.05) is 34.4 Å². The van der Waals surface area contributed by atoms with Crippen LogP contribution in [0, 0.1) is 11.8 Å². The molecule has 2 atom stereocenters. The third-order valence-corrected chi connectivity index (χ3v) is 3.56. The molecule has 1 saturated carbocycles. The van der Waals surface area contributed by atoms with E-state index in [2.05, 4.69) is 38.2 Å². The number of nitrogens with zero attached hydrogens (tertiary/aromatic N) is 1. The van der Waals surface area contributed by atoms with Gasteiger partial charge < -0.3 is 15.0 Å². The van der Waals surface area contributed by atoms with E-state index < -0.39 is 0 Å². The molecule has 0 aromatic heterocycles. The van der Waals surface area contributed by atoms with E-state index >= 15 is 0 Å². The highest BCUT2D eigenvalue weighted by Gasteiger charge is 2.31. The van der Waals surface area contributed by atoms with Gasteiger partial charge in [0.15, 0.2) is 0 Å². The lowest BCUT2D eigenvalue weighted by molar-refractivity contribution is 0.145. The van der Waals surface area contributed by atoms with Crippen LogP contribution >= 0.6 is 0 Å². The van der Waals surface area contributed by atoms with Crippen LogP contribution in [0.4, 0.5) is 0 Å². The zero-order valence-corrected chi connectivity index (χ0v) is 11.5. The number of hydrogen-bond donors (Lipinski definition) is 1. The minimum Gasteiger partial charge on any atom is -0.383 e. The summed E-state index contributed by atoms with van der Waals surface area (Å²) in [7, 11) is 6.12. The quantitative estimate of drug-likeness (QED) is 0.683. The Labute approximate surface area is 101 Å². The molecule has 1 rings (SSSR count). The first kappa shape index (κ1) is 13.9. The molecule has 16 heavy (non-hydrogen) atoms. The minimum atomic E-state index is 0.561. The fourth-order valence-corrected chi connectivity index (χ4v) is 2.33. The summed E-state index contributed by atoms with van der Waals surface area (Å²) < 4.78 is 5.28. The molecule has 1 N–H and O–H groups in total. The molecule has 0 bridgehead atoms. The van der Waals surface area contributed by atoms with Crippen LogP contribution in [0.2, 0.25) is 0 Å². The first-order valence-corrected chi connectivity index (χ1v) is 6.45. The zero-order valence-electron chi connectivity index (χ0n) is 11.5. The Balaban J connectivity index is 2.33. The number of nitrogens with one attached hydrogen (secondary N) is 1. The molecule has 0 heterocycles. The van der Waals surface area contributed by atoms with Crippen LogP contribution in [0.5, 0.6) is 0 Å². The number of rotatable bonds is 8. The summed E-state index contributed by atoms with van der Waals surface area (Å²) >= 11 is 0. The van der Waals surface area contributed by atoms with Gasteiger partial charge in [-0.15, -0.1) is 0 Å². The Hall–Kier alpha value is -0.120. The molecule has 96 valence electrons. The Morgan fingerprint density at radius 1 is 1.31 bits per heavy atom. The highest BCUT2D eigenvalue weighted by atomic mass is 16.5. The van der Waals surface area contributed by atoms with Crippen LogP contribution in [-0.4, -0.2) is 51.3 Å². The second kappa shape index (κ2) is 6.58. The molecule has 0 amide bonds. The molecule has 0 spiro atoms. The maximum Gasteiger partial charge on any atom is 0.0618 e. The number of hydrogen-bond acceptors (Lipinski definition) is 3. The van der Waals surface area contributed by atoms with Gasteiger partial charge in [-0.2, -0.15) is 0 Å². The van der Waals surface area contributed by atoms with E-state index in [-0.39, 0.29) is 0 Å². The fourth-order valence-electron chi connectivity index (χ4n) is 2.33. The van der Waals surface area contributed by atoms with E-state index in [1.165, 1.54) is 12.8 Å². The summed E-state index contributed by atoms with van der Waals surface area (Å²) in [6, 6.07) is 1.17. The van der Waals surface area contributed by atoms with Gasteiger partial charge in [0.05, 0.1) is 6.61 Å². The van der Waals surface area contributed by atoms with Gasteiger partial charge in [-0.1, -0.05) is 13.8 Å². The first-order chi connectivity index (χ1) is 7.56. The average molecular weight is 228 g/mol. The minimum absolute atomic E-state index is 0.561. The molecule has 0 aliphatic heterocycles. The van der Waals surface area contributed by atoms with Gasteiger partial charge in [0.2, 0.25) is 0 Å². The molecule has 0 saturated heterocycles. The third kappa shape index (κ3) is 4.40. The van der Waals surface area contributed by atoms with E-state index in [1.54, 1.807) is 7.11 Å². The Kier molecular flexibility index (Phi) is 5.73. The fraction of sp³-hybridized carbons (Fsp3) is 1.00. The number of ether oxygens (including phenoxy) is 1. The standard InChI is InChI=1S/C13H28N2O/c1-10(2)13(15(3)4)8-14-12(9-16-5)11-6-7-11/h10-14H,6-9H2,1-5H3. The normalized spacial score (nSPS) is 20.4. The van der Waals surface area contributed by atoms with Gasteiger partial charge in [0, 0.05) is 25.7 Å². The van der Waals surface area contributed by atoms with Crippen LogP contribution in [0.15, 0.2) is 0 Å². The molecule has 0 aromatic rings. The maximum atomic E-state index is 5.28. The zero-order chi connectivity index (χ0) is 12.1. The Bertz CT molecular complexity index is 182. The Morgan fingerprint density at radius 3 is 2.31 bits per heavy atom. The summed E-state index contributed by atoms with van der Waals surface area (Å²) in [5.41, 5.74) is 0. The molecular weight excluding hydrogens is 200 g/mol. The van der Waals surface area contributed by atoms with Crippen molar-refractivity contribution in [2.45, 2.75) is 38.8 Å². The van der Waals surface area contributed by atoms with E-state index in [1.807, 2.05) is 0 Å². The first-order valence-electron chi connectivity index (χ1n) is 6.45. The van der Waals surface area contributed by atoms with Gasteiger partial charge in [-0.3, -0.25) is 0 Å². The van der Waals surface area contributed by atoms with E-state index in [4.69, 9.17) is 4.74 Å². The van der Waals surface area contributed by atoms with Gasteiger partial charge in [-0.05, 0) is 38.8 Å². The molecular formula is C13H28N2O. The maximum absolute atomic E-state index is 5.28. The monoisotopic (exact) mass is 228 g/mol. The van der Waals surface area contributed by atoms with E-state index in [9.17, 15) is 0 Å². The Morgan fingerprint density at radius 2 is 1.94 bits per heavy atom. The van der Waals surface area contributed by atoms with Crippen LogP contribution in [-0.2, 0) is 4.74 Å². The average Bonchev–Trinajstić information content (AvgIpc) is 2.98. The summed E-state index contributed by atoms with van der Waals surface area (Å²) in [5.74, 6) is 1.54. The van der Waals surface area contributed by atoms with Crippen LogP contribution in [0.25, 0.3) is 0 Å². The van der Waals surface area contributed by atoms with Crippen molar-refractivity contribution in [3.63, 3.8) is 0 Å². The molecule has 3 nitrogen and oxygen atoms in total. The van der Waals surface area contributed by atoms with Crippen molar-refractivity contribution in [1.29, 1.82) is 0 Å². The van der Waals surface area contributed by atoms with Crippen molar-refractivity contribution in [2.24, 2.45) is 11.8 Å². The molecule has 0 aromatic carbocycles. The van der Waals surface area contributed by atoms with Crippen molar-refractivity contribution in [1.82, 2.24) is 10.2 Å². The SMILES string of the molecule is COCC(NCC(C(C)C)N(C)C)C1CC1.